The van der Waals surface area contributed by atoms with Gasteiger partial charge in [0.2, 0.25) is 0 Å². The number of fused-ring (bicyclic) bond motifs is 1. The first-order valence-electron chi connectivity index (χ1n) is 6.42. The summed E-state index contributed by atoms with van der Waals surface area (Å²) in [5, 5.41) is 13.1. The van der Waals surface area contributed by atoms with Gasteiger partial charge in [-0.1, -0.05) is 17.7 Å². The molecule has 1 atom stereocenters. The normalized spacial score (nSPS) is 16.6. The molecule has 0 bridgehead atoms. The number of rotatable bonds is 2. The van der Waals surface area contributed by atoms with Crippen molar-refractivity contribution < 1.29 is 4.39 Å². The van der Waals surface area contributed by atoms with Crippen molar-refractivity contribution in [2.24, 2.45) is 0 Å². The van der Waals surface area contributed by atoms with Crippen LogP contribution in [0.25, 0.3) is 0 Å². The summed E-state index contributed by atoms with van der Waals surface area (Å²) >= 11 is 5.99. The quantitative estimate of drug-likeness (QED) is 0.885. The number of hydrogen-bond acceptors (Lipinski definition) is 2. The number of nitrogens with one attached hydrogen (secondary N) is 1. The Labute approximate surface area is 121 Å². The Morgan fingerprint density at radius 1 is 1.25 bits per heavy atom. The van der Waals surface area contributed by atoms with Gasteiger partial charge in [0.1, 0.15) is 11.9 Å². The van der Waals surface area contributed by atoms with E-state index in [2.05, 4.69) is 5.32 Å². The van der Waals surface area contributed by atoms with Crippen LogP contribution >= 0.6 is 11.6 Å². The molecule has 3 rings (SSSR count). The van der Waals surface area contributed by atoms with E-state index in [1.807, 2.05) is 24.3 Å². The van der Waals surface area contributed by atoms with Crippen molar-refractivity contribution in [2.75, 3.05) is 5.32 Å². The fraction of sp³-hybridized carbons (Fsp3) is 0.188. The van der Waals surface area contributed by atoms with Crippen LogP contribution in [-0.2, 0) is 6.42 Å². The van der Waals surface area contributed by atoms with Crippen LogP contribution in [0.5, 0.6) is 0 Å². The highest BCUT2D eigenvalue weighted by Gasteiger charge is 2.23. The van der Waals surface area contributed by atoms with Crippen molar-refractivity contribution in [1.29, 1.82) is 5.26 Å². The highest BCUT2D eigenvalue weighted by Crippen LogP contribution is 2.35. The Balaban J connectivity index is 1.90. The van der Waals surface area contributed by atoms with Crippen LogP contribution in [0.1, 0.15) is 29.2 Å². The molecule has 20 heavy (non-hydrogen) atoms. The van der Waals surface area contributed by atoms with Gasteiger partial charge < -0.3 is 5.32 Å². The summed E-state index contributed by atoms with van der Waals surface area (Å²) in [6.45, 7) is 0. The largest absolute Gasteiger partial charge is 0.377 e. The average Bonchev–Trinajstić information content (AvgIpc) is 2.83. The monoisotopic (exact) mass is 286 g/mol. The van der Waals surface area contributed by atoms with Gasteiger partial charge in [-0.25, -0.2) is 4.39 Å². The van der Waals surface area contributed by atoms with Crippen molar-refractivity contribution in [1.82, 2.24) is 0 Å². The van der Waals surface area contributed by atoms with Crippen molar-refractivity contribution in [3.8, 4) is 6.07 Å². The number of hydrogen-bond donors (Lipinski definition) is 1. The zero-order valence-electron chi connectivity index (χ0n) is 10.7. The van der Waals surface area contributed by atoms with E-state index in [0.29, 0.717) is 11.3 Å². The molecule has 0 aliphatic heterocycles. The summed E-state index contributed by atoms with van der Waals surface area (Å²) in [5.41, 5.74) is 3.42. The Bertz CT molecular complexity index is 706. The molecule has 2 aromatic rings. The van der Waals surface area contributed by atoms with Crippen molar-refractivity contribution in [3.05, 3.63) is 63.9 Å². The second-order valence-corrected chi connectivity index (χ2v) is 5.32. The van der Waals surface area contributed by atoms with E-state index in [0.717, 1.165) is 17.9 Å². The second-order valence-electron chi connectivity index (χ2n) is 4.88. The van der Waals surface area contributed by atoms with Crippen LogP contribution in [0.15, 0.2) is 36.4 Å². The minimum atomic E-state index is -0.397. The molecule has 0 spiro atoms. The number of anilines is 1. The van der Waals surface area contributed by atoms with E-state index in [-0.39, 0.29) is 6.04 Å². The molecule has 100 valence electrons. The van der Waals surface area contributed by atoms with E-state index < -0.39 is 5.82 Å². The Morgan fingerprint density at radius 3 is 2.90 bits per heavy atom. The number of benzene rings is 2. The number of aryl methyl sites for hydroxylation is 1. The molecule has 4 heteroatoms. The van der Waals surface area contributed by atoms with Crippen LogP contribution in [0, 0.1) is 17.1 Å². The molecule has 0 amide bonds. The molecule has 1 unspecified atom stereocenters. The lowest BCUT2D eigenvalue weighted by molar-refractivity contribution is 0.627. The molecule has 0 aromatic heterocycles. The maximum absolute atomic E-state index is 13.1. The van der Waals surface area contributed by atoms with Gasteiger partial charge in [0.25, 0.3) is 0 Å². The van der Waals surface area contributed by atoms with E-state index in [1.54, 1.807) is 6.07 Å². The maximum atomic E-state index is 13.1. The summed E-state index contributed by atoms with van der Waals surface area (Å²) in [6.07, 6.45) is 1.90. The van der Waals surface area contributed by atoms with Crippen molar-refractivity contribution in [3.63, 3.8) is 0 Å². The van der Waals surface area contributed by atoms with Gasteiger partial charge in [-0.15, -0.1) is 0 Å². The van der Waals surface area contributed by atoms with Gasteiger partial charge in [-0.05, 0) is 54.3 Å². The molecule has 1 aliphatic carbocycles. The zero-order chi connectivity index (χ0) is 14.1. The first-order chi connectivity index (χ1) is 9.67. The predicted octanol–water partition coefficient (Wildman–Crippen LogP) is 4.45. The topological polar surface area (TPSA) is 35.8 Å². The summed E-state index contributed by atoms with van der Waals surface area (Å²) < 4.78 is 13.1. The third-order valence-electron chi connectivity index (χ3n) is 3.61. The molecule has 2 aromatic carbocycles. The zero-order valence-corrected chi connectivity index (χ0v) is 11.4. The lowest BCUT2D eigenvalue weighted by Crippen LogP contribution is -2.08. The molecule has 0 saturated carbocycles. The molecule has 0 heterocycles. The van der Waals surface area contributed by atoms with Gasteiger partial charge in [0.15, 0.2) is 0 Å². The number of nitrogens with zero attached hydrogens (tertiary/aromatic N) is 1. The van der Waals surface area contributed by atoms with Crippen LogP contribution < -0.4 is 5.32 Å². The fourth-order valence-corrected chi connectivity index (χ4v) is 2.85. The van der Waals surface area contributed by atoms with Crippen LogP contribution in [0.2, 0.25) is 5.02 Å². The lowest BCUT2D eigenvalue weighted by Gasteiger charge is -2.16. The minimum absolute atomic E-state index is 0.139. The van der Waals surface area contributed by atoms with E-state index in [1.165, 1.54) is 23.3 Å². The highest BCUT2D eigenvalue weighted by atomic mass is 35.5. The third kappa shape index (κ3) is 2.35. The fourth-order valence-electron chi connectivity index (χ4n) is 2.66. The molecule has 0 saturated heterocycles. The first-order valence-corrected chi connectivity index (χ1v) is 6.79. The van der Waals surface area contributed by atoms with Crippen LogP contribution in [0.3, 0.4) is 0 Å². The van der Waals surface area contributed by atoms with Gasteiger partial charge >= 0.3 is 0 Å². The summed E-state index contributed by atoms with van der Waals surface area (Å²) in [6, 6.07) is 12.2. The smallest absolute Gasteiger partial charge is 0.124 e. The predicted molar refractivity (Wildman–Crippen MR) is 77.3 cm³/mol. The van der Waals surface area contributed by atoms with Gasteiger partial charge in [-0.2, -0.15) is 5.26 Å². The van der Waals surface area contributed by atoms with E-state index in [4.69, 9.17) is 16.9 Å². The summed E-state index contributed by atoms with van der Waals surface area (Å²) in [7, 11) is 0. The lowest BCUT2D eigenvalue weighted by atomic mass is 10.1. The van der Waals surface area contributed by atoms with Gasteiger partial charge in [0.05, 0.1) is 17.3 Å². The Morgan fingerprint density at radius 2 is 2.10 bits per heavy atom. The summed E-state index contributed by atoms with van der Waals surface area (Å²) in [5.74, 6) is -0.397. The second kappa shape index (κ2) is 5.15. The van der Waals surface area contributed by atoms with Gasteiger partial charge in [0, 0.05) is 5.02 Å². The Kier molecular flexibility index (Phi) is 3.33. The molecule has 1 aliphatic rings. The highest BCUT2D eigenvalue weighted by molar-refractivity contribution is 6.30. The molecule has 0 radical (unpaired) electrons. The standard InChI is InChI=1S/C16H12ClFN2/c17-12-2-4-14-10(7-12)1-5-16(14)20-15-6-3-13(18)8-11(15)9-19/h2-4,6-8,16,20H,1,5H2. The van der Waals surface area contributed by atoms with Crippen LogP contribution in [0.4, 0.5) is 10.1 Å². The number of halogens is 2. The number of nitriles is 1. The molecular formula is C16H12ClFN2. The minimum Gasteiger partial charge on any atom is -0.377 e. The van der Waals surface area contributed by atoms with E-state index in [9.17, 15) is 4.39 Å². The molecule has 2 nitrogen and oxygen atoms in total. The average molecular weight is 287 g/mol. The first kappa shape index (κ1) is 13.0. The van der Waals surface area contributed by atoms with Crippen molar-refractivity contribution in [2.45, 2.75) is 18.9 Å². The summed E-state index contributed by atoms with van der Waals surface area (Å²) in [4.78, 5) is 0. The van der Waals surface area contributed by atoms with E-state index >= 15 is 0 Å². The molecule has 1 N–H and O–H groups in total. The SMILES string of the molecule is N#Cc1cc(F)ccc1NC1CCc2cc(Cl)ccc21. The molecular weight excluding hydrogens is 275 g/mol. The van der Waals surface area contributed by atoms with Crippen LogP contribution in [-0.4, -0.2) is 0 Å². The van der Waals surface area contributed by atoms with Crippen molar-refractivity contribution >= 4 is 17.3 Å². The third-order valence-corrected chi connectivity index (χ3v) is 3.85. The maximum Gasteiger partial charge on any atom is 0.124 e. The Hall–Kier alpha value is -2.05. The van der Waals surface area contributed by atoms with Gasteiger partial charge in [-0.3, -0.25) is 0 Å². The molecule has 0 fully saturated rings.